The van der Waals surface area contributed by atoms with E-state index in [2.05, 4.69) is 6.92 Å². The van der Waals surface area contributed by atoms with E-state index in [0.29, 0.717) is 0 Å². The van der Waals surface area contributed by atoms with Gasteiger partial charge in [-0.1, -0.05) is 37.4 Å². The Hall–Kier alpha value is -0.310. The molecule has 0 aromatic heterocycles. The Morgan fingerprint density at radius 2 is 2.21 bits per heavy atom. The van der Waals surface area contributed by atoms with E-state index in [1.54, 1.807) is 0 Å². The first-order valence-electron chi connectivity index (χ1n) is 5.11. The van der Waals surface area contributed by atoms with Crippen molar-refractivity contribution >= 4 is 11.6 Å². The molecular formula is C11H19ClN2. The number of unbranched alkanes of at least 4 members (excludes halogenated alkanes) is 1. The van der Waals surface area contributed by atoms with Crippen LogP contribution in [0.5, 0.6) is 0 Å². The molecule has 0 saturated carbocycles. The van der Waals surface area contributed by atoms with Crippen LogP contribution in [0.3, 0.4) is 0 Å². The van der Waals surface area contributed by atoms with Crippen LogP contribution in [-0.2, 0) is 0 Å². The van der Waals surface area contributed by atoms with Crippen molar-refractivity contribution < 1.29 is 0 Å². The van der Waals surface area contributed by atoms with Crippen LogP contribution >= 0.6 is 11.6 Å². The van der Waals surface area contributed by atoms with Crippen molar-refractivity contribution in [1.29, 1.82) is 0 Å². The van der Waals surface area contributed by atoms with Gasteiger partial charge in [0.15, 0.2) is 0 Å². The molecule has 0 aromatic rings. The number of allylic oxidation sites excluding steroid dienone is 2. The lowest BCUT2D eigenvalue weighted by molar-refractivity contribution is 0.418. The molecule has 1 aliphatic carbocycles. The zero-order chi connectivity index (χ0) is 10.8. The molecule has 0 amide bonds. The van der Waals surface area contributed by atoms with Crippen LogP contribution in [0.25, 0.3) is 0 Å². The summed E-state index contributed by atoms with van der Waals surface area (Å²) in [4.78, 5) is 0. The molecular weight excluding hydrogens is 196 g/mol. The molecule has 0 bridgehead atoms. The second-order valence-electron chi connectivity index (χ2n) is 4.08. The number of hydrogen-bond acceptors (Lipinski definition) is 2. The Kier molecular flexibility index (Phi) is 3.76. The summed E-state index contributed by atoms with van der Waals surface area (Å²) in [6.45, 7) is 4.10. The summed E-state index contributed by atoms with van der Waals surface area (Å²) in [5, 5.41) is 0.741. The molecule has 0 heterocycles. The van der Waals surface area contributed by atoms with Gasteiger partial charge in [0, 0.05) is 11.1 Å². The molecule has 0 fully saturated rings. The molecule has 2 unspecified atom stereocenters. The van der Waals surface area contributed by atoms with E-state index in [9.17, 15) is 0 Å². The van der Waals surface area contributed by atoms with Crippen molar-refractivity contribution in [2.24, 2.45) is 11.5 Å². The molecule has 0 radical (unpaired) electrons. The predicted molar refractivity (Wildman–Crippen MR) is 62.1 cm³/mol. The van der Waals surface area contributed by atoms with Gasteiger partial charge in [0.05, 0.1) is 5.54 Å². The Balaban J connectivity index is 2.80. The summed E-state index contributed by atoms with van der Waals surface area (Å²) in [7, 11) is 0. The minimum atomic E-state index is -0.452. The molecule has 14 heavy (non-hydrogen) atoms. The van der Waals surface area contributed by atoms with Crippen molar-refractivity contribution in [3.8, 4) is 0 Å². The lowest BCUT2D eigenvalue weighted by Crippen LogP contribution is -2.54. The lowest BCUT2D eigenvalue weighted by atomic mass is 9.81. The SMILES string of the molecule is CCCCC1(N)C=C(Cl)C(C)=CC1N. The van der Waals surface area contributed by atoms with E-state index in [0.717, 1.165) is 29.9 Å². The summed E-state index contributed by atoms with van der Waals surface area (Å²) in [6.07, 6.45) is 6.96. The second kappa shape index (κ2) is 4.47. The number of nitrogens with two attached hydrogens (primary N) is 2. The molecule has 0 aromatic carbocycles. The van der Waals surface area contributed by atoms with Gasteiger partial charge in [0.2, 0.25) is 0 Å². The third-order valence-electron chi connectivity index (χ3n) is 2.79. The van der Waals surface area contributed by atoms with E-state index >= 15 is 0 Å². The van der Waals surface area contributed by atoms with Crippen molar-refractivity contribution in [2.45, 2.75) is 44.7 Å². The van der Waals surface area contributed by atoms with Crippen LogP contribution < -0.4 is 11.5 Å². The Bertz CT molecular complexity index is 270. The van der Waals surface area contributed by atoms with Crippen LogP contribution in [0.4, 0.5) is 0 Å². The molecule has 0 aliphatic heterocycles. The van der Waals surface area contributed by atoms with Gasteiger partial charge in [-0.25, -0.2) is 0 Å². The number of rotatable bonds is 3. The summed E-state index contributed by atoms with van der Waals surface area (Å²) in [5.74, 6) is 0. The molecule has 80 valence electrons. The molecule has 1 aliphatic rings. The van der Waals surface area contributed by atoms with Crippen LogP contribution in [0, 0.1) is 0 Å². The van der Waals surface area contributed by atoms with E-state index in [-0.39, 0.29) is 6.04 Å². The van der Waals surface area contributed by atoms with Crippen molar-refractivity contribution in [1.82, 2.24) is 0 Å². The first-order valence-corrected chi connectivity index (χ1v) is 5.49. The lowest BCUT2D eigenvalue weighted by Gasteiger charge is -2.34. The Labute approximate surface area is 91.0 Å². The van der Waals surface area contributed by atoms with Gasteiger partial charge >= 0.3 is 0 Å². The molecule has 2 nitrogen and oxygen atoms in total. The van der Waals surface area contributed by atoms with Crippen LogP contribution in [-0.4, -0.2) is 11.6 Å². The van der Waals surface area contributed by atoms with Crippen molar-refractivity contribution in [2.75, 3.05) is 0 Å². The highest BCUT2D eigenvalue weighted by Crippen LogP contribution is 2.29. The standard InChI is InChI=1S/C11H19ClN2/c1-3-4-5-11(14)7-9(12)8(2)6-10(11)13/h6-7,10H,3-5,13-14H2,1-2H3. The fourth-order valence-electron chi connectivity index (χ4n) is 1.67. The van der Waals surface area contributed by atoms with Crippen LogP contribution in [0.1, 0.15) is 33.1 Å². The maximum absolute atomic E-state index is 6.21. The largest absolute Gasteiger partial charge is 0.323 e. The smallest absolute Gasteiger partial charge is 0.0546 e. The second-order valence-corrected chi connectivity index (χ2v) is 4.49. The molecule has 3 heteroatoms. The van der Waals surface area contributed by atoms with Gasteiger partial charge in [0.25, 0.3) is 0 Å². The van der Waals surface area contributed by atoms with E-state index in [1.165, 1.54) is 0 Å². The zero-order valence-electron chi connectivity index (χ0n) is 8.89. The summed E-state index contributed by atoms with van der Waals surface area (Å²) < 4.78 is 0. The average molecular weight is 215 g/mol. The summed E-state index contributed by atoms with van der Waals surface area (Å²) in [5.41, 5.74) is 12.8. The highest BCUT2D eigenvalue weighted by Gasteiger charge is 2.31. The minimum Gasteiger partial charge on any atom is -0.323 e. The van der Waals surface area contributed by atoms with E-state index in [4.69, 9.17) is 23.1 Å². The van der Waals surface area contributed by atoms with E-state index in [1.807, 2.05) is 19.1 Å². The minimum absolute atomic E-state index is 0.114. The number of hydrogen-bond donors (Lipinski definition) is 2. The monoisotopic (exact) mass is 214 g/mol. The average Bonchev–Trinajstić information content (AvgIpc) is 2.12. The van der Waals surface area contributed by atoms with Gasteiger partial charge in [0.1, 0.15) is 0 Å². The molecule has 1 rings (SSSR count). The third kappa shape index (κ3) is 2.38. The van der Waals surface area contributed by atoms with Gasteiger partial charge < -0.3 is 11.5 Å². The summed E-state index contributed by atoms with van der Waals surface area (Å²) in [6, 6.07) is -0.114. The quantitative estimate of drug-likeness (QED) is 0.758. The maximum Gasteiger partial charge on any atom is 0.0546 e. The highest BCUT2D eigenvalue weighted by atomic mass is 35.5. The predicted octanol–water partition coefficient (Wildman–Crippen LogP) is 2.28. The van der Waals surface area contributed by atoms with Crippen molar-refractivity contribution in [3.05, 3.63) is 22.8 Å². The highest BCUT2D eigenvalue weighted by molar-refractivity contribution is 6.32. The molecule has 4 N–H and O–H groups in total. The molecule has 2 atom stereocenters. The van der Waals surface area contributed by atoms with E-state index < -0.39 is 5.54 Å². The fourth-order valence-corrected chi connectivity index (χ4v) is 1.94. The van der Waals surface area contributed by atoms with Crippen LogP contribution in [0.2, 0.25) is 0 Å². The Morgan fingerprint density at radius 3 is 2.79 bits per heavy atom. The third-order valence-corrected chi connectivity index (χ3v) is 3.19. The van der Waals surface area contributed by atoms with Crippen molar-refractivity contribution in [3.63, 3.8) is 0 Å². The molecule has 0 spiro atoms. The van der Waals surface area contributed by atoms with Gasteiger partial charge in [-0.3, -0.25) is 0 Å². The maximum atomic E-state index is 6.21. The fraction of sp³-hybridized carbons (Fsp3) is 0.636. The van der Waals surface area contributed by atoms with Gasteiger partial charge in [-0.05, 0) is 25.0 Å². The first-order chi connectivity index (χ1) is 6.49. The molecule has 0 saturated heterocycles. The summed E-state index contributed by atoms with van der Waals surface area (Å²) >= 11 is 6.05. The first kappa shape index (κ1) is 11.8. The number of halogens is 1. The zero-order valence-corrected chi connectivity index (χ0v) is 9.64. The topological polar surface area (TPSA) is 52.0 Å². The Morgan fingerprint density at radius 1 is 1.57 bits per heavy atom. The van der Waals surface area contributed by atoms with Gasteiger partial charge in [-0.15, -0.1) is 0 Å². The normalized spacial score (nSPS) is 32.5. The van der Waals surface area contributed by atoms with Gasteiger partial charge in [-0.2, -0.15) is 0 Å². The van der Waals surface area contributed by atoms with Crippen LogP contribution in [0.15, 0.2) is 22.8 Å².